The van der Waals surface area contributed by atoms with Crippen LogP contribution in [0, 0.1) is 0 Å². The summed E-state index contributed by atoms with van der Waals surface area (Å²) in [6.07, 6.45) is -0.763. The Morgan fingerprint density at radius 2 is 1.68 bits per heavy atom. The van der Waals surface area contributed by atoms with E-state index in [0.717, 1.165) is 22.5 Å². The summed E-state index contributed by atoms with van der Waals surface area (Å²) < 4.78 is 6.34. The second-order valence-corrected chi connectivity index (χ2v) is 8.49. The van der Waals surface area contributed by atoms with Crippen molar-refractivity contribution in [2.75, 3.05) is 36.8 Å². The maximum atomic E-state index is 12.6. The van der Waals surface area contributed by atoms with E-state index >= 15 is 0 Å². The van der Waals surface area contributed by atoms with Crippen molar-refractivity contribution in [2.24, 2.45) is 0 Å². The van der Waals surface area contributed by atoms with Gasteiger partial charge in [-0.1, -0.05) is 34.1 Å². The molecule has 0 spiro atoms. The zero-order valence-electron chi connectivity index (χ0n) is 15.7. The second kappa shape index (κ2) is 9.98. The lowest BCUT2D eigenvalue weighted by atomic mass is 10.2. The molecule has 2 aromatic carbocycles. The maximum Gasteiger partial charge on any atom is 0.317 e. The summed E-state index contributed by atoms with van der Waals surface area (Å²) in [5.41, 5.74) is 1.17. The van der Waals surface area contributed by atoms with Gasteiger partial charge in [0, 0.05) is 41.2 Å². The molecule has 5 nitrogen and oxygen atoms in total. The van der Waals surface area contributed by atoms with Gasteiger partial charge < -0.3 is 14.5 Å². The van der Waals surface area contributed by atoms with Gasteiger partial charge in [-0.3, -0.25) is 9.59 Å². The number of hydrogen-bond donors (Lipinski definition) is 0. The molecule has 1 aliphatic heterocycles. The lowest BCUT2D eigenvalue weighted by molar-refractivity contribution is -0.157. The molecule has 0 bridgehead atoms. The molecule has 1 atom stereocenters. The topological polar surface area (TPSA) is 49.9 Å². The molecule has 1 aliphatic rings. The van der Waals surface area contributed by atoms with Crippen molar-refractivity contribution < 1.29 is 14.3 Å². The van der Waals surface area contributed by atoms with Crippen LogP contribution in [0.4, 0.5) is 5.69 Å². The molecule has 1 fully saturated rings. The fourth-order valence-corrected chi connectivity index (χ4v) is 3.98. The highest BCUT2D eigenvalue weighted by molar-refractivity contribution is 9.10. The zero-order chi connectivity index (χ0) is 19.9. The average molecular weight is 463 g/mol. The molecule has 3 rings (SSSR count). The monoisotopic (exact) mass is 462 g/mol. The number of hydrogen-bond acceptors (Lipinski definition) is 5. The first kappa shape index (κ1) is 20.7. The van der Waals surface area contributed by atoms with Crippen LogP contribution in [-0.2, 0) is 14.3 Å². The predicted molar refractivity (Wildman–Crippen MR) is 116 cm³/mol. The molecule has 0 N–H and O–H groups in total. The van der Waals surface area contributed by atoms with Crippen LogP contribution in [0.2, 0.25) is 0 Å². The lowest BCUT2D eigenvalue weighted by Crippen LogP contribution is -2.51. The highest BCUT2D eigenvalue weighted by Gasteiger charge is 2.27. The minimum absolute atomic E-state index is 0.130. The van der Waals surface area contributed by atoms with Crippen molar-refractivity contribution in [1.29, 1.82) is 0 Å². The van der Waals surface area contributed by atoms with E-state index in [1.54, 1.807) is 11.8 Å². The molecule has 0 aliphatic carbocycles. The Bertz CT molecular complexity index is 793. The Morgan fingerprint density at radius 3 is 2.32 bits per heavy atom. The largest absolute Gasteiger partial charge is 0.452 e. The third-order valence-electron chi connectivity index (χ3n) is 4.54. The van der Waals surface area contributed by atoms with E-state index in [-0.39, 0.29) is 17.6 Å². The lowest BCUT2D eigenvalue weighted by Gasteiger charge is -2.37. The summed E-state index contributed by atoms with van der Waals surface area (Å²) in [4.78, 5) is 29.7. The molecule has 1 saturated heterocycles. The number of carbonyl (C=O) groups is 2. The number of halogens is 1. The number of piperazine rings is 1. The molecule has 1 heterocycles. The van der Waals surface area contributed by atoms with Crippen LogP contribution in [0.25, 0.3) is 0 Å². The Hall–Kier alpha value is -1.99. The van der Waals surface area contributed by atoms with Crippen LogP contribution in [0.5, 0.6) is 0 Å². The van der Waals surface area contributed by atoms with E-state index in [4.69, 9.17) is 4.74 Å². The minimum atomic E-state index is -0.763. The number of rotatable bonds is 6. The number of carbonyl (C=O) groups excluding carboxylic acids is 2. The zero-order valence-corrected chi connectivity index (χ0v) is 18.1. The first-order valence-electron chi connectivity index (χ1n) is 9.19. The highest BCUT2D eigenvalue weighted by atomic mass is 79.9. The highest BCUT2D eigenvalue weighted by Crippen LogP contribution is 2.21. The van der Waals surface area contributed by atoms with E-state index in [1.807, 2.05) is 42.5 Å². The number of benzene rings is 2. The van der Waals surface area contributed by atoms with Crippen LogP contribution in [0.1, 0.15) is 6.92 Å². The van der Waals surface area contributed by atoms with Crippen molar-refractivity contribution >= 4 is 45.3 Å². The number of anilines is 1. The van der Waals surface area contributed by atoms with Gasteiger partial charge in [-0.05, 0) is 43.3 Å². The van der Waals surface area contributed by atoms with Crippen LogP contribution in [-0.4, -0.2) is 54.8 Å². The Kier molecular flexibility index (Phi) is 7.39. The number of para-hydroxylation sites is 1. The molecule has 7 heteroatoms. The summed E-state index contributed by atoms with van der Waals surface area (Å²) >= 11 is 4.78. The molecule has 2 aromatic rings. The normalized spacial score (nSPS) is 15.2. The summed E-state index contributed by atoms with van der Waals surface area (Å²) in [6.45, 7) is 4.45. The third-order valence-corrected chi connectivity index (χ3v) is 6.05. The van der Waals surface area contributed by atoms with Gasteiger partial charge in [0.2, 0.25) is 0 Å². The van der Waals surface area contributed by atoms with Crippen molar-refractivity contribution in [2.45, 2.75) is 17.9 Å². The molecule has 28 heavy (non-hydrogen) atoms. The van der Waals surface area contributed by atoms with Crippen LogP contribution in [0.3, 0.4) is 0 Å². The first-order valence-corrected chi connectivity index (χ1v) is 11.0. The van der Waals surface area contributed by atoms with Gasteiger partial charge >= 0.3 is 5.97 Å². The van der Waals surface area contributed by atoms with Crippen molar-refractivity contribution in [1.82, 2.24) is 4.90 Å². The molecule has 148 valence electrons. The Morgan fingerprint density at radius 1 is 1.04 bits per heavy atom. The number of thioether (sulfide) groups is 1. The minimum Gasteiger partial charge on any atom is -0.452 e. The predicted octanol–water partition coefficient (Wildman–Crippen LogP) is 3.82. The molecule has 1 unspecified atom stereocenters. The van der Waals surface area contributed by atoms with Crippen molar-refractivity contribution in [3.8, 4) is 0 Å². The number of ether oxygens (including phenoxy) is 1. The second-order valence-electron chi connectivity index (χ2n) is 6.52. The van der Waals surface area contributed by atoms with Gasteiger partial charge in [-0.2, -0.15) is 0 Å². The van der Waals surface area contributed by atoms with E-state index in [9.17, 15) is 9.59 Å². The SMILES string of the molecule is CC(OC(=O)CSc1ccc(Br)cc1)C(=O)N1CCN(c2ccccc2)CC1. The standard InChI is InChI=1S/C21H23BrN2O3S/c1-16(27-20(25)15-28-19-9-7-17(22)8-10-19)21(26)24-13-11-23(12-14-24)18-5-3-2-4-6-18/h2-10,16H,11-15H2,1H3. The van der Waals surface area contributed by atoms with E-state index in [0.29, 0.717) is 13.1 Å². The first-order chi connectivity index (χ1) is 13.5. The van der Waals surface area contributed by atoms with Crippen LogP contribution >= 0.6 is 27.7 Å². The molecular weight excluding hydrogens is 440 g/mol. The van der Waals surface area contributed by atoms with Gasteiger partial charge in [-0.25, -0.2) is 0 Å². The molecule has 0 radical (unpaired) electrons. The van der Waals surface area contributed by atoms with Gasteiger partial charge in [0.15, 0.2) is 6.10 Å². The summed E-state index contributed by atoms with van der Waals surface area (Å²) in [5, 5.41) is 0. The third kappa shape index (κ3) is 5.75. The number of esters is 1. The maximum absolute atomic E-state index is 12.6. The number of amides is 1. The molecular formula is C21H23BrN2O3S. The quantitative estimate of drug-likeness (QED) is 0.482. The fraction of sp³-hybridized carbons (Fsp3) is 0.333. The average Bonchev–Trinajstić information content (AvgIpc) is 2.73. The Labute approximate surface area is 178 Å². The van der Waals surface area contributed by atoms with Crippen LogP contribution < -0.4 is 4.90 Å². The smallest absolute Gasteiger partial charge is 0.317 e. The molecule has 1 amide bonds. The Balaban J connectivity index is 1.43. The number of nitrogens with zero attached hydrogens (tertiary/aromatic N) is 2. The van der Waals surface area contributed by atoms with E-state index in [1.165, 1.54) is 17.4 Å². The van der Waals surface area contributed by atoms with E-state index < -0.39 is 6.10 Å². The molecule has 0 saturated carbocycles. The van der Waals surface area contributed by atoms with Crippen molar-refractivity contribution in [3.05, 3.63) is 59.1 Å². The summed E-state index contributed by atoms with van der Waals surface area (Å²) in [6, 6.07) is 17.9. The van der Waals surface area contributed by atoms with Crippen molar-refractivity contribution in [3.63, 3.8) is 0 Å². The van der Waals surface area contributed by atoms with Gasteiger partial charge in [-0.15, -0.1) is 11.8 Å². The van der Waals surface area contributed by atoms with E-state index in [2.05, 4.69) is 33.0 Å². The molecule has 0 aromatic heterocycles. The summed E-state index contributed by atoms with van der Waals surface area (Å²) in [7, 11) is 0. The summed E-state index contributed by atoms with van der Waals surface area (Å²) in [5.74, 6) is -0.326. The fourth-order valence-electron chi connectivity index (χ4n) is 3.04. The van der Waals surface area contributed by atoms with Gasteiger partial charge in [0.25, 0.3) is 5.91 Å². The van der Waals surface area contributed by atoms with Gasteiger partial charge in [0.1, 0.15) is 0 Å². The van der Waals surface area contributed by atoms with Gasteiger partial charge in [0.05, 0.1) is 5.75 Å². The van der Waals surface area contributed by atoms with Crippen LogP contribution in [0.15, 0.2) is 64.0 Å².